The van der Waals surface area contributed by atoms with Crippen LogP contribution in [0.15, 0.2) is 23.1 Å². The van der Waals surface area contributed by atoms with Crippen LogP contribution in [0.5, 0.6) is 0 Å². The van der Waals surface area contributed by atoms with Crippen molar-refractivity contribution < 1.29 is 22.7 Å². The molecule has 1 N–H and O–H groups in total. The van der Waals surface area contributed by atoms with Crippen molar-refractivity contribution >= 4 is 21.6 Å². The van der Waals surface area contributed by atoms with Crippen molar-refractivity contribution in [2.75, 3.05) is 58.0 Å². The zero-order valence-electron chi connectivity index (χ0n) is 17.2. The minimum atomic E-state index is -3.62. The average molecular weight is 426 g/mol. The van der Waals surface area contributed by atoms with Gasteiger partial charge < -0.3 is 19.7 Å². The number of morpholine rings is 1. The summed E-state index contributed by atoms with van der Waals surface area (Å²) in [6, 6.07) is 4.69. The van der Waals surface area contributed by atoms with Crippen LogP contribution in [-0.4, -0.2) is 77.8 Å². The molecule has 0 saturated carbocycles. The van der Waals surface area contributed by atoms with Crippen LogP contribution < -0.4 is 10.2 Å². The van der Waals surface area contributed by atoms with Gasteiger partial charge in [0, 0.05) is 45.0 Å². The van der Waals surface area contributed by atoms with Gasteiger partial charge in [0.1, 0.15) is 0 Å². The minimum absolute atomic E-state index is 0.168. The van der Waals surface area contributed by atoms with E-state index >= 15 is 0 Å². The third kappa shape index (κ3) is 5.28. The van der Waals surface area contributed by atoms with Gasteiger partial charge in [0.25, 0.3) is 5.91 Å². The average Bonchev–Trinajstić information content (AvgIpc) is 2.74. The van der Waals surface area contributed by atoms with E-state index in [0.29, 0.717) is 51.6 Å². The molecule has 1 atom stereocenters. The molecule has 162 valence electrons. The number of benzene rings is 1. The first kappa shape index (κ1) is 22.0. The number of nitrogens with one attached hydrogen (secondary N) is 1. The summed E-state index contributed by atoms with van der Waals surface area (Å²) in [6.45, 7) is 5.76. The van der Waals surface area contributed by atoms with E-state index in [4.69, 9.17) is 9.47 Å². The molecule has 2 fully saturated rings. The number of amides is 1. The highest BCUT2D eigenvalue weighted by molar-refractivity contribution is 7.89. The van der Waals surface area contributed by atoms with E-state index < -0.39 is 10.0 Å². The highest BCUT2D eigenvalue weighted by Gasteiger charge is 2.28. The molecule has 2 aliphatic heterocycles. The van der Waals surface area contributed by atoms with E-state index in [1.807, 2.05) is 6.92 Å². The number of hydrogen-bond donors (Lipinski definition) is 1. The molecule has 0 aliphatic carbocycles. The molecule has 9 heteroatoms. The van der Waals surface area contributed by atoms with E-state index in [0.717, 1.165) is 24.9 Å². The summed E-state index contributed by atoms with van der Waals surface area (Å²) in [4.78, 5) is 15.2. The summed E-state index contributed by atoms with van der Waals surface area (Å²) < 4.78 is 38.3. The zero-order valence-corrected chi connectivity index (χ0v) is 18.0. The Morgan fingerprint density at radius 3 is 2.52 bits per heavy atom. The van der Waals surface area contributed by atoms with Crippen LogP contribution in [0, 0.1) is 0 Å². The fraction of sp³-hybridized carbons (Fsp3) is 0.650. The Hall–Kier alpha value is -1.68. The molecule has 0 unspecified atom stereocenters. The van der Waals surface area contributed by atoms with Crippen molar-refractivity contribution in [1.29, 1.82) is 0 Å². The lowest BCUT2D eigenvalue weighted by atomic mass is 10.1. The molecule has 2 heterocycles. The van der Waals surface area contributed by atoms with Gasteiger partial charge in [-0.1, -0.05) is 6.42 Å². The molecule has 8 nitrogen and oxygen atoms in total. The van der Waals surface area contributed by atoms with Gasteiger partial charge in [0.2, 0.25) is 10.0 Å². The predicted octanol–water partition coefficient (Wildman–Crippen LogP) is 1.46. The topological polar surface area (TPSA) is 88.2 Å². The van der Waals surface area contributed by atoms with Crippen LogP contribution in [0.25, 0.3) is 0 Å². The maximum Gasteiger partial charge on any atom is 0.253 e. The number of piperidine rings is 1. The van der Waals surface area contributed by atoms with E-state index in [2.05, 4.69) is 10.2 Å². The monoisotopic (exact) mass is 425 g/mol. The molecule has 0 bridgehead atoms. The van der Waals surface area contributed by atoms with Gasteiger partial charge in [-0.15, -0.1) is 0 Å². The van der Waals surface area contributed by atoms with Crippen LogP contribution >= 0.6 is 0 Å². The van der Waals surface area contributed by atoms with Crippen LogP contribution in [0.3, 0.4) is 0 Å². The normalized spacial score (nSPS) is 19.7. The molecule has 0 radical (unpaired) electrons. The number of hydrogen-bond acceptors (Lipinski definition) is 6. The van der Waals surface area contributed by atoms with Crippen LogP contribution in [-0.2, 0) is 19.5 Å². The van der Waals surface area contributed by atoms with Gasteiger partial charge >= 0.3 is 0 Å². The Labute approximate surface area is 173 Å². The summed E-state index contributed by atoms with van der Waals surface area (Å²) in [5.74, 6) is -0.299. The van der Waals surface area contributed by atoms with Gasteiger partial charge in [-0.05, 0) is 38.0 Å². The molecular formula is C20H31N3O5S. The van der Waals surface area contributed by atoms with Crippen molar-refractivity contribution in [3.8, 4) is 0 Å². The van der Waals surface area contributed by atoms with Crippen molar-refractivity contribution in [1.82, 2.24) is 9.62 Å². The predicted molar refractivity (Wildman–Crippen MR) is 111 cm³/mol. The number of sulfonamides is 1. The summed E-state index contributed by atoms with van der Waals surface area (Å²) in [6.07, 6.45) is 2.78. The summed E-state index contributed by atoms with van der Waals surface area (Å²) in [7, 11) is -2.04. The number of nitrogens with zero attached hydrogens (tertiary/aromatic N) is 2. The first-order valence-electron chi connectivity index (χ1n) is 10.2. The third-order valence-corrected chi connectivity index (χ3v) is 7.21. The molecule has 0 spiro atoms. The molecule has 2 aliphatic rings. The zero-order chi connectivity index (χ0) is 20.9. The number of carbonyl (C=O) groups is 1. The maximum absolute atomic E-state index is 13.1. The number of carbonyl (C=O) groups excluding carboxylic acids is 1. The molecule has 3 rings (SSSR count). The Balaban J connectivity index is 1.94. The molecule has 29 heavy (non-hydrogen) atoms. The Morgan fingerprint density at radius 2 is 1.86 bits per heavy atom. The molecule has 2 saturated heterocycles. The summed E-state index contributed by atoms with van der Waals surface area (Å²) >= 11 is 0. The highest BCUT2D eigenvalue weighted by atomic mass is 32.2. The SMILES string of the molecule is COC[C@@H](C)NC(=O)c1cc(S(=O)(=O)N2CCCCC2)ccc1N1CCOCC1. The Morgan fingerprint density at radius 1 is 1.17 bits per heavy atom. The first-order chi connectivity index (χ1) is 13.9. The van der Waals surface area contributed by atoms with Gasteiger partial charge in [-0.25, -0.2) is 8.42 Å². The number of ether oxygens (including phenoxy) is 2. The van der Waals surface area contributed by atoms with Crippen molar-refractivity contribution in [3.63, 3.8) is 0 Å². The molecule has 0 aromatic heterocycles. The second-order valence-electron chi connectivity index (χ2n) is 7.57. The Bertz CT molecular complexity index is 802. The molecule has 1 aromatic carbocycles. The number of rotatable bonds is 7. The van der Waals surface area contributed by atoms with Gasteiger partial charge in [-0.3, -0.25) is 4.79 Å². The standard InChI is InChI=1S/C20H31N3O5S/c1-16(15-27-2)21-20(24)18-14-17(29(25,26)23-8-4-3-5-9-23)6-7-19(18)22-10-12-28-13-11-22/h6-7,14,16H,3-5,8-13,15H2,1-2H3,(H,21,24)/t16-/m1/s1. The minimum Gasteiger partial charge on any atom is -0.383 e. The first-order valence-corrected chi connectivity index (χ1v) is 11.6. The maximum atomic E-state index is 13.1. The fourth-order valence-electron chi connectivity index (χ4n) is 3.79. The van der Waals surface area contributed by atoms with E-state index in [1.165, 1.54) is 10.4 Å². The summed E-state index contributed by atoms with van der Waals surface area (Å²) in [5, 5.41) is 2.90. The quantitative estimate of drug-likeness (QED) is 0.712. The molecule has 1 aromatic rings. The van der Waals surface area contributed by atoms with Gasteiger partial charge in [0.15, 0.2) is 0 Å². The van der Waals surface area contributed by atoms with E-state index in [9.17, 15) is 13.2 Å². The van der Waals surface area contributed by atoms with Crippen LogP contribution in [0.1, 0.15) is 36.5 Å². The largest absolute Gasteiger partial charge is 0.383 e. The second kappa shape index (κ2) is 9.88. The van der Waals surface area contributed by atoms with Crippen LogP contribution in [0.2, 0.25) is 0 Å². The smallest absolute Gasteiger partial charge is 0.253 e. The van der Waals surface area contributed by atoms with Crippen molar-refractivity contribution in [2.24, 2.45) is 0 Å². The fourth-order valence-corrected chi connectivity index (χ4v) is 5.33. The lowest BCUT2D eigenvalue weighted by Crippen LogP contribution is -2.40. The second-order valence-corrected chi connectivity index (χ2v) is 9.51. The van der Waals surface area contributed by atoms with Crippen molar-refractivity contribution in [2.45, 2.75) is 37.1 Å². The molecular weight excluding hydrogens is 394 g/mol. The lowest BCUT2D eigenvalue weighted by molar-refractivity contribution is 0.0904. The summed E-state index contributed by atoms with van der Waals surface area (Å²) in [5.41, 5.74) is 1.10. The van der Waals surface area contributed by atoms with E-state index in [-0.39, 0.29) is 16.8 Å². The number of methoxy groups -OCH3 is 1. The van der Waals surface area contributed by atoms with E-state index in [1.54, 1.807) is 19.2 Å². The number of anilines is 1. The van der Waals surface area contributed by atoms with Crippen LogP contribution in [0.4, 0.5) is 5.69 Å². The highest BCUT2D eigenvalue weighted by Crippen LogP contribution is 2.28. The van der Waals surface area contributed by atoms with Gasteiger partial charge in [-0.2, -0.15) is 4.31 Å². The Kier molecular flexibility index (Phi) is 7.50. The van der Waals surface area contributed by atoms with Crippen molar-refractivity contribution in [3.05, 3.63) is 23.8 Å². The third-order valence-electron chi connectivity index (χ3n) is 5.31. The lowest BCUT2D eigenvalue weighted by Gasteiger charge is -2.31. The molecule has 1 amide bonds. The van der Waals surface area contributed by atoms with Gasteiger partial charge in [0.05, 0.1) is 30.3 Å².